The van der Waals surface area contributed by atoms with E-state index in [1.165, 1.54) is 26.4 Å². The first-order valence-electron chi connectivity index (χ1n) is 8.66. The van der Waals surface area contributed by atoms with Crippen LogP contribution in [0, 0.1) is 0 Å². The normalized spacial score (nSPS) is 12.4. The summed E-state index contributed by atoms with van der Waals surface area (Å²) in [5, 5.41) is 3.68. The fourth-order valence-electron chi connectivity index (χ4n) is 2.70. The van der Waals surface area contributed by atoms with Crippen LogP contribution >= 0.6 is 11.6 Å². The van der Waals surface area contributed by atoms with E-state index >= 15 is 0 Å². The van der Waals surface area contributed by atoms with Crippen LogP contribution in [0.1, 0.15) is 22.6 Å². The Morgan fingerprint density at radius 3 is 2.06 bits per heavy atom. The zero-order valence-electron chi connectivity index (χ0n) is 16.3. The van der Waals surface area contributed by atoms with E-state index in [0.717, 1.165) is 0 Å². The lowest BCUT2D eigenvalue weighted by atomic mass is 10.0. The van der Waals surface area contributed by atoms with E-state index in [4.69, 9.17) is 25.6 Å². The average molecular weight is 479 g/mol. The molecule has 0 aliphatic heterocycles. The second-order valence-corrected chi connectivity index (χ2v) is 6.67. The number of alkyl halides is 6. The summed E-state index contributed by atoms with van der Waals surface area (Å²) in [7, 11) is 2.83. The molecule has 5 nitrogen and oxygen atoms in total. The molecule has 0 atom stereocenters. The van der Waals surface area contributed by atoms with E-state index < -0.39 is 34.9 Å². The highest BCUT2D eigenvalue weighted by molar-refractivity contribution is 6.34. The number of rotatable bonds is 5. The largest absolute Gasteiger partial charge is 0.493 e. The maximum absolute atomic E-state index is 13.0. The summed E-state index contributed by atoms with van der Waals surface area (Å²) < 4.78 is 93.5. The summed E-state index contributed by atoms with van der Waals surface area (Å²) in [5.41, 5.74) is -3.01. The molecule has 0 amide bonds. The Bertz CT molecular complexity index is 1120. The molecule has 0 aliphatic rings. The number of methoxy groups -OCH3 is 2. The number of hydrogen-bond acceptors (Lipinski definition) is 5. The summed E-state index contributed by atoms with van der Waals surface area (Å²) in [6.45, 7) is 0. The second kappa shape index (κ2) is 8.73. The van der Waals surface area contributed by atoms with E-state index in [0.29, 0.717) is 23.4 Å². The van der Waals surface area contributed by atoms with Crippen molar-refractivity contribution in [2.24, 2.45) is 0 Å². The Kier molecular flexibility index (Phi) is 6.40. The van der Waals surface area contributed by atoms with Crippen LogP contribution in [-0.2, 0) is 12.4 Å². The molecule has 170 valence electrons. The van der Waals surface area contributed by atoms with Crippen LogP contribution in [0.25, 0.3) is 23.5 Å². The van der Waals surface area contributed by atoms with Gasteiger partial charge in [0.05, 0.1) is 30.4 Å². The first-order valence-corrected chi connectivity index (χ1v) is 9.04. The molecule has 3 aromatic rings. The van der Waals surface area contributed by atoms with Gasteiger partial charge in [-0.05, 0) is 42.0 Å². The second-order valence-electron chi connectivity index (χ2n) is 6.29. The minimum atomic E-state index is -4.99. The molecule has 0 spiro atoms. The van der Waals surface area contributed by atoms with Crippen molar-refractivity contribution in [2.45, 2.75) is 12.4 Å². The van der Waals surface area contributed by atoms with Crippen LogP contribution < -0.4 is 9.47 Å². The number of benzene rings is 2. The molecule has 0 radical (unpaired) electrons. The van der Waals surface area contributed by atoms with Crippen molar-refractivity contribution in [3.8, 4) is 22.9 Å². The summed E-state index contributed by atoms with van der Waals surface area (Å²) in [5.74, 6) is 0.0439. The molecule has 1 aromatic heterocycles. The third-order valence-corrected chi connectivity index (χ3v) is 4.60. The summed E-state index contributed by atoms with van der Waals surface area (Å²) >= 11 is 6.24. The van der Waals surface area contributed by atoms with Gasteiger partial charge in [-0.15, -0.1) is 0 Å². The minimum absolute atomic E-state index is 0.0173. The van der Waals surface area contributed by atoms with Crippen LogP contribution in [0.5, 0.6) is 11.5 Å². The van der Waals surface area contributed by atoms with Gasteiger partial charge in [0, 0.05) is 11.6 Å². The fourth-order valence-corrected chi connectivity index (χ4v) is 2.99. The Labute approximate surface area is 182 Å². The van der Waals surface area contributed by atoms with Gasteiger partial charge in [0.25, 0.3) is 5.89 Å². The van der Waals surface area contributed by atoms with Crippen LogP contribution in [0.3, 0.4) is 0 Å². The molecule has 0 aliphatic carbocycles. The van der Waals surface area contributed by atoms with Crippen molar-refractivity contribution in [3.05, 3.63) is 57.9 Å². The van der Waals surface area contributed by atoms with Gasteiger partial charge >= 0.3 is 12.4 Å². The average Bonchev–Trinajstić information content (AvgIpc) is 3.20. The lowest BCUT2D eigenvalue weighted by Crippen LogP contribution is -2.11. The molecular weight excluding hydrogens is 466 g/mol. The topological polar surface area (TPSA) is 57.4 Å². The van der Waals surface area contributed by atoms with Gasteiger partial charge in [0.1, 0.15) is 0 Å². The third kappa shape index (κ3) is 4.98. The Morgan fingerprint density at radius 1 is 0.906 bits per heavy atom. The highest BCUT2D eigenvalue weighted by Gasteiger charge is 2.37. The van der Waals surface area contributed by atoms with Crippen LogP contribution in [0.2, 0.25) is 5.02 Å². The Morgan fingerprint density at radius 2 is 1.53 bits per heavy atom. The smallest absolute Gasteiger partial charge is 0.416 e. The molecule has 32 heavy (non-hydrogen) atoms. The third-order valence-electron chi connectivity index (χ3n) is 4.21. The van der Waals surface area contributed by atoms with Crippen molar-refractivity contribution in [1.82, 2.24) is 10.1 Å². The van der Waals surface area contributed by atoms with Gasteiger partial charge in [-0.2, -0.15) is 31.3 Å². The highest BCUT2D eigenvalue weighted by atomic mass is 35.5. The molecule has 3 rings (SSSR count). The predicted octanol–water partition coefficient (Wildman–Crippen LogP) is 6.62. The number of nitrogens with zero attached hydrogens (tertiary/aromatic N) is 2. The van der Waals surface area contributed by atoms with Gasteiger partial charge in [0.2, 0.25) is 5.82 Å². The van der Waals surface area contributed by atoms with Gasteiger partial charge in [-0.25, -0.2) is 0 Å². The standard InChI is InChI=1S/C20H13ClF6N2O3/c1-30-14-5-3-10(16(21)17(14)31-2)4-6-15-28-18(29-32-15)11-7-12(19(22,23)24)9-13(8-11)20(25,26)27/h3-9H,1-2H3. The molecule has 0 bridgehead atoms. The maximum atomic E-state index is 13.0. The van der Waals surface area contributed by atoms with E-state index in [-0.39, 0.29) is 22.7 Å². The zero-order valence-corrected chi connectivity index (χ0v) is 17.1. The molecule has 0 fully saturated rings. The number of aromatic nitrogens is 2. The van der Waals surface area contributed by atoms with Gasteiger partial charge in [-0.1, -0.05) is 16.8 Å². The monoisotopic (exact) mass is 478 g/mol. The SMILES string of the molecule is COc1ccc(C=Cc2nc(-c3cc(C(F)(F)F)cc(C(F)(F)F)c3)no2)c(Cl)c1OC. The van der Waals surface area contributed by atoms with Crippen LogP contribution in [-0.4, -0.2) is 24.4 Å². The summed E-state index contributed by atoms with van der Waals surface area (Å²) in [6.07, 6.45) is -7.24. The number of ether oxygens (including phenoxy) is 2. The highest BCUT2D eigenvalue weighted by Crippen LogP contribution is 2.39. The Hall–Kier alpha value is -3.21. The van der Waals surface area contributed by atoms with Crippen molar-refractivity contribution in [1.29, 1.82) is 0 Å². The quantitative estimate of drug-likeness (QED) is 0.386. The molecule has 2 aromatic carbocycles. The lowest BCUT2D eigenvalue weighted by molar-refractivity contribution is -0.143. The molecule has 12 heteroatoms. The van der Waals surface area contributed by atoms with E-state index in [1.807, 2.05) is 0 Å². The lowest BCUT2D eigenvalue weighted by Gasteiger charge is -2.12. The van der Waals surface area contributed by atoms with E-state index in [9.17, 15) is 26.3 Å². The Balaban J connectivity index is 1.96. The maximum Gasteiger partial charge on any atom is 0.416 e. The number of hydrogen-bond donors (Lipinski definition) is 0. The van der Waals surface area contributed by atoms with Crippen LogP contribution in [0.4, 0.5) is 26.3 Å². The van der Waals surface area contributed by atoms with Gasteiger partial charge in [0.15, 0.2) is 11.5 Å². The summed E-state index contributed by atoms with van der Waals surface area (Å²) in [4.78, 5) is 3.85. The van der Waals surface area contributed by atoms with Crippen molar-refractivity contribution in [2.75, 3.05) is 14.2 Å². The first-order chi connectivity index (χ1) is 14.9. The molecule has 1 heterocycles. The molecule has 0 N–H and O–H groups in total. The van der Waals surface area contributed by atoms with Crippen LogP contribution in [0.15, 0.2) is 34.9 Å². The predicted molar refractivity (Wildman–Crippen MR) is 103 cm³/mol. The van der Waals surface area contributed by atoms with Crippen molar-refractivity contribution in [3.63, 3.8) is 0 Å². The number of halogens is 7. The molecule has 0 saturated heterocycles. The van der Waals surface area contributed by atoms with E-state index in [1.54, 1.807) is 12.1 Å². The first kappa shape index (κ1) is 23.5. The zero-order chi connectivity index (χ0) is 23.7. The summed E-state index contributed by atoms with van der Waals surface area (Å²) in [6, 6.07) is 4.23. The fraction of sp³-hybridized carbons (Fsp3) is 0.200. The van der Waals surface area contributed by atoms with Gasteiger partial charge in [-0.3, -0.25) is 0 Å². The molecule has 0 unspecified atom stereocenters. The van der Waals surface area contributed by atoms with E-state index in [2.05, 4.69) is 10.1 Å². The van der Waals surface area contributed by atoms with Crippen molar-refractivity contribution < 1.29 is 40.3 Å². The molecular formula is C20H13ClF6N2O3. The minimum Gasteiger partial charge on any atom is -0.493 e. The molecule has 0 saturated carbocycles. The van der Waals surface area contributed by atoms with Gasteiger partial charge < -0.3 is 14.0 Å². The van der Waals surface area contributed by atoms with Crippen molar-refractivity contribution >= 4 is 23.8 Å².